The average Bonchev–Trinajstić information content (AvgIpc) is 3.22. The highest BCUT2D eigenvalue weighted by atomic mass is 16.8. The fourth-order valence-electron chi connectivity index (χ4n) is 14.9. The number of carboxylic acid groups (broad SMARTS) is 1. The normalized spacial score (nSPS) is 49.0. The maximum Gasteiger partial charge on any atom is 0.335 e. The highest BCUT2D eigenvalue weighted by Crippen LogP contribution is 2.76. The number of aliphatic hydroxyl groups is 8. The van der Waals surface area contributed by atoms with Crippen molar-refractivity contribution in [3.63, 3.8) is 0 Å². The molecule has 7 rings (SSSR count). The van der Waals surface area contributed by atoms with Gasteiger partial charge < -0.3 is 74.4 Å². The molecule has 21 unspecified atom stereocenters. The van der Waals surface area contributed by atoms with Crippen LogP contribution in [0.25, 0.3) is 0 Å². The minimum absolute atomic E-state index is 0.0301. The predicted molar refractivity (Wildman–Crippen MR) is 235 cm³/mol. The summed E-state index contributed by atoms with van der Waals surface area (Å²) in [5.41, 5.74) is -2.75. The standard InChI is InChI=1S/C49H78O18/c1-22(2)17-31(53)62-21-49-25(18-44(4,5)40(39(49)59)63-23(3)51)24-11-12-28-46(8)15-14-30(45(6,7)27(46)13-16-47(28,9)48(24,10)19-29(49)52)65-43-38(35(57)34(56)37(66-43)41(60)61)67-42-36(58)33(55)32(54)26(20-50)64-42/h11,22,25-30,32-40,42-43,50,52,54-59H,12-21H2,1-10H3,(H,60,61). The van der Waals surface area contributed by atoms with E-state index >= 15 is 0 Å². The van der Waals surface area contributed by atoms with Gasteiger partial charge in [-0.15, -0.1) is 0 Å². The van der Waals surface area contributed by atoms with Crippen LogP contribution < -0.4 is 0 Å². The smallest absolute Gasteiger partial charge is 0.335 e. The number of carboxylic acids is 1. The Balaban J connectivity index is 1.19. The van der Waals surface area contributed by atoms with Crippen molar-refractivity contribution in [3.05, 3.63) is 11.6 Å². The lowest BCUT2D eigenvalue weighted by molar-refractivity contribution is -0.374. The lowest BCUT2D eigenvalue weighted by atomic mass is 9.33. The lowest BCUT2D eigenvalue weighted by Gasteiger charge is -2.72. The molecule has 0 bridgehead atoms. The fourth-order valence-corrected chi connectivity index (χ4v) is 14.9. The van der Waals surface area contributed by atoms with E-state index in [1.165, 1.54) is 6.92 Å². The molecule has 0 amide bonds. The molecular formula is C49H78O18. The van der Waals surface area contributed by atoms with Crippen LogP contribution in [0.2, 0.25) is 0 Å². The minimum Gasteiger partial charge on any atom is -0.479 e. The molecule has 0 aromatic rings. The molecule has 0 aromatic heterocycles. The van der Waals surface area contributed by atoms with E-state index in [9.17, 15) is 60.3 Å². The number of aliphatic carboxylic acids is 1. The molecule has 2 heterocycles. The Morgan fingerprint density at radius 1 is 0.806 bits per heavy atom. The summed E-state index contributed by atoms with van der Waals surface area (Å²) in [7, 11) is 0. The predicted octanol–water partition coefficient (Wildman–Crippen LogP) is 1.96. The van der Waals surface area contributed by atoms with Gasteiger partial charge in [-0.1, -0.05) is 74.0 Å². The molecule has 0 radical (unpaired) electrons. The van der Waals surface area contributed by atoms with Crippen molar-refractivity contribution in [1.29, 1.82) is 0 Å². The molecule has 9 N–H and O–H groups in total. The molecule has 382 valence electrons. The Labute approximate surface area is 393 Å². The van der Waals surface area contributed by atoms with Crippen LogP contribution >= 0.6 is 0 Å². The summed E-state index contributed by atoms with van der Waals surface area (Å²) in [5.74, 6) is -2.77. The zero-order valence-corrected chi connectivity index (χ0v) is 40.7. The van der Waals surface area contributed by atoms with Crippen molar-refractivity contribution < 1.29 is 88.8 Å². The van der Waals surface area contributed by atoms with Gasteiger partial charge in [0.2, 0.25) is 0 Å². The highest BCUT2D eigenvalue weighted by molar-refractivity contribution is 5.73. The van der Waals surface area contributed by atoms with E-state index < -0.39 is 138 Å². The highest BCUT2D eigenvalue weighted by Gasteiger charge is 2.73. The minimum atomic E-state index is -1.99. The third-order valence-corrected chi connectivity index (χ3v) is 18.6. The van der Waals surface area contributed by atoms with Gasteiger partial charge in [0.05, 0.1) is 24.2 Å². The summed E-state index contributed by atoms with van der Waals surface area (Å²) in [6, 6.07) is 0. The van der Waals surface area contributed by atoms with Gasteiger partial charge in [-0.3, -0.25) is 9.59 Å². The second-order valence-corrected chi connectivity index (χ2v) is 23.6. The van der Waals surface area contributed by atoms with Crippen molar-refractivity contribution in [1.82, 2.24) is 0 Å². The number of ether oxygens (including phenoxy) is 6. The van der Waals surface area contributed by atoms with Gasteiger partial charge >= 0.3 is 17.9 Å². The molecule has 0 aromatic carbocycles. The molecule has 67 heavy (non-hydrogen) atoms. The Kier molecular flexibility index (Phi) is 14.4. The van der Waals surface area contributed by atoms with E-state index in [-0.39, 0.29) is 48.0 Å². The lowest BCUT2D eigenvalue weighted by Crippen LogP contribution is -2.72. The first-order chi connectivity index (χ1) is 31.0. The van der Waals surface area contributed by atoms with E-state index in [1.54, 1.807) is 0 Å². The van der Waals surface area contributed by atoms with Crippen LogP contribution in [-0.2, 0) is 42.8 Å². The zero-order valence-electron chi connectivity index (χ0n) is 40.7. The van der Waals surface area contributed by atoms with E-state index in [4.69, 9.17) is 28.4 Å². The van der Waals surface area contributed by atoms with Crippen LogP contribution in [0.5, 0.6) is 0 Å². The molecule has 0 spiro atoms. The largest absolute Gasteiger partial charge is 0.479 e. The summed E-state index contributed by atoms with van der Waals surface area (Å²) in [6.45, 7) is 19.1. The fraction of sp³-hybridized carbons (Fsp3) is 0.898. The SMILES string of the molecule is CC(=O)OC1C(O)C2(COC(=O)CC(C)C)C(O)CC3(C)C(=CCC4C5(C)CCC(OC6OC(C(=O)O)C(O)C(O)C6OC6OC(CO)C(O)C(O)C6O)C(C)(C)C5CCC43C)C2CC1(C)C. The van der Waals surface area contributed by atoms with E-state index in [0.29, 0.717) is 25.7 Å². The van der Waals surface area contributed by atoms with Crippen LogP contribution in [0.4, 0.5) is 0 Å². The van der Waals surface area contributed by atoms with Crippen LogP contribution in [0.3, 0.4) is 0 Å². The molecule has 5 aliphatic carbocycles. The third-order valence-electron chi connectivity index (χ3n) is 18.6. The quantitative estimate of drug-likeness (QED) is 0.0813. The Hall–Kier alpha value is -2.33. The summed E-state index contributed by atoms with van der Waals surface area (Å²) in [6.07, 6.45) is -15.0. The molecule has 2 aliphatic heterocycles. The number of esters is 2. The Bertz CT molecular complexity index is 1890. The van der Waals surface area contributed by atoms with Crippen molar-refractivity contribution in [2.24, 2.45) is 56.2 Å². The number of hydrogen-bond donors (Lipinski definition) is 9. The molecular weight excluding hydrogens is 877 g/mol. The number of rotatable bonds is 11. The first-order valence-electron chi connectivity index (χ1n) is 24.3. The van der Waals surface area contributed by atoms with Gasteiger partial charge in [-0.25, -0.2) is 4.79 Å². The average molecular weight is 955 g/mol. The van der Waals surface area contributed by atoms with Gasteiger partial charge in [0, 0.05) is 18.8 Å². The van der Waals surface area contributed by atoms with E-state index in [0.717, 1.165) is 18.4 Å². The molecule has 18 nitrogen and oxygen atoms in total. The first-order valence-corrected chi connectivity index (χ1v) is 24.3. The maximum absolute atomic E-state index is 13.1. The van der Waals surface area contributed by atoms with Crippen molar-refractivity contribution in [3.8, 4) is 0 Å². The van der Waals surface area contributed by atoms with Gasteiger partial charge in [0.25, 0.3) is 0 Å². The molecule has 2 saturated heterocycles. The van der Waals surface area contributed by atoms with Gasteiger partial charge in [-0.05, 0) is 90.3 Å². The van der Waals surface area contributed by atoms with E-state index in [2.05, 4.69) is 40.7 Å². The summed E-state index contributed by atoms with van der Waals surface area (Å²) >= 11 is 0. The topological polar surface area (TPSA) is 289 Å². The third kappa shape index (κ3) is 8.41. The Morgan fingerprint density at radius 3 is 2.09 bits per heavy atom. The maximum atomic E-state index is 13.1. The van der Waals surface area contributed by atoms with Crippen molar-refractivity contribution in [2.45, 2.75) is 206 Å². The summed E-state index contributed by atoms with van der Waals surface area (Å²) in [4.78, 5) is 37.9. The number of carbonyl (C=O) groups is 3. The summed E-state index contributed by atoms with van der Waals surface area (Å²) in [5, 5.41) is 98.8. The van der Waals surface area contributed by atoms with Crippen LogP contribution in [-0.4, -0.2) is 163 Å². The van der Waals surface area contributed by atoms with Gasteiger partial charge in [0.1, 0.15) is 61.5 Å². The second kappa shape index (κ2) is 18.4. The molecule has 6 fully saturated rings. The van der Waals surface area contributed by atoms with Crippen LogP contribution in [0.1, 0.15) is 121 Å². The van der Waals surface area contributed by atoms with Crippen molar-refractivity contribution >= 4 is 17.9 Å². The molecule has 21 atom stereocenters. The van der Waals surface area contributed by atoms with E-state index in [1.807, 2.05) is 27.7 Å². The number of allylic oxidation sites excluding steroid dienone is 2. The first kappa shape index (κ1) is 52.5. The molecule has 7 aliphatic rings. The van der Waals surface area contributed by atoms with Gasteiger partial charge in [-0.2, -0.15) is 0 Å². The second-order valence-electron chi connectivity index (χ2n) is 23.6. The monoisotopic (exact) mass is 955 g/mol. The number of fused-ring (bicyclic) bond motifs is 7. The zero-order chi connectivity index (χ0) is 49.7. The Morgan fingerprint density at radius 2 is 1.48 bits per heavy atom. The van der Waals surface area contributed by atoms with Crippen molar-refractivity contribution in [2.75, 3.05) is 13.2 Å². The van der Waals surface area contributed by atoms with Gasteiger partial charge in [0.15, 0.2) is 18.7 Å². The number of hydrogen-bond acceptors (Lipinski definition) is 17. The van der Waals surface area contributed by atoms with Crippen LogP contribution in [0.15, 0.2) is 11.6 Å². The summed E-state index contributed by atoms with van der Waals surface area (Å²) < 4.78 is 35.8. The number of aliphatic hydroxyl groups excluding tert-OH is 8. The molecule has 4 saturated carbocycles. The number of carbonyl (C=O) groups excluding carboxylic acids is 2. The van der Waals surface area contributed by atoms with Crippen LogP contribution in [0, 0.1) is 56.2 Å². The molecule has 18 heteroatoms.